The van der Waals surface area contributed by atoms with Gasteiger partial charge in [-0.2, -0.15) is 0 Å². The molecule has 0 unspecified atom stereocenters. The number of nitrogens with zero attached hydrogens (tertiary/aromatic N) is 1. The first-order chi connectivity index (χ1) is 11.1. The van der Waals surface area contributed by atoms with E-state index in [1.54, 1.807) is 11.0 Å². The van der Waals surface area contributed by atoms with E-state index in [1.807, 2.05) is 55.5 Å². The number of halogens is 1. The van der Waals surface area contributed by atoms with E-state index in [9.17, 15) is 9.59 Å². The largest absolute Gasteiger partial charge is 0.338 e. The van der Waals surface area contributed by atoms with Crippen molar-refractivity contribution in [3.63, 3.8) is 0 Å². The van der Waals surface area contributed by atoms with E-state index < -0.39 is 0 Å². The van der Waals surface area contributed by atoms with Crippen molar-refractivity contribution in [2.75, 3.05) is 11.9 Å². The second-order valence-corrected chi connectivity index (χ2v) is 5.95. The molecule has 0 saturated carbocycles. The Kier molecular flexibility index (Phi) is 6.35. The van der Waals surface area contributed by atoms with Crippen LogP contribution in [0.1, 0.15) is 18.9 Å². The number of amides is 2. The van der Waals surface area contributed by atoms with E-state index in [0.717, 1.165) is 10.0 Å². The van der Waals surface area contributed by atoms with Gasteiger partial charge in [0, 0.05) is 17.6 Å². The second kappa shape index (κ2) is 8.48. The van der Waals surface area contributed by atoms with Crippen LogP contribution in [-0.2, 0) is 16.1 Å². The number of benzene rings is 2. The first kappa shape index (κ1) is 17.2. The molecule has 2 amide bonds. The summed E-state index contributed by atoms with van der Waals surface area (Å²) in [5.74, 6) is -0.491. The summed E-state index contributed by atoms with van der Waals surface area (Å²) < 4.78 is 0.789. The molecule has 120 valence electrons. The third-order valence-corrected chi connectivity index (χ3v) is 4.10. The molecule has 0 aliphatic rings. The summed E-state index contributed by atoms with van der Waals surface area (Å²) >= 11 is 3.37. The summed E-state index contributed by atoms with van der Waals surface area (Å²) in [5.41, 5.74) is 1.71. The van der Waals surface area contributed by atoms with Gasteiger partial charge >= 0.3 is 0 Å². The van der Waals surface area contributed by atoms with Crippen LogP contribution in [0.3, 0.4) is 0 Å². The number of anilines is 1. The highest BCUT2D eigenvalue weighted by Crippen LogP contribution is 2.21. The Morgan fingerprint density at radius 3 is 2.35 bits per heavy atom. The molecule has 4 nitrogen and oxygen atoms in total. The Morgan fingerprint density at radius 1 is 1.04 bits per heavy atom. The molecule has 0 bridgehead atoms. The second-order valence-electron chi connectivity index (χ2n) is 5.10. The lowest BCUT2D eigenvalue weighted by Crippen LogP contribution is -2.33. The fourth-order valence-electron chi connectivity index (χ4n) is 2.19. The van der Waals surface area contributed by atoms with Crippen LogP contribution in [0, 0.1) is 0 Å². The number of hydrogen-bond acceptors (Lipinski definition) is 2. The summed E-state index contributed by atoms with van der Waals surface area (Å²) in [7, 11) is 0. The molecule has 0 atom stereocenters. The molecule has 1 N–H and O–H groups in total. The monoisotopic (exact) mass is 374 g/mol. The Morgan fingerprint density at radius 2 is 1.70 bits per heavy atom. The lowest BCUT2D eigenvalue weighted by molar-refractivity contribution is -0.134. The Bertz CT molecular complexity index is 674. The van der Waals surface area contributed by atoms with Gasteiger partial charge in [0.2, 0.25) is 11.8 Å². The van der Waals surface area contributed by atoms with Gasteiger partial charge in [0.15, 0.2) is 0 Å². The molecule has 23 heavy (non-hydrogen) atoms. The maximum Gasteiger partial charge on any atom is 0.233 e. The fraction of sp³-hybridized carbons (Fsp3) is 0.222. The van der Waals surface area contributed by atoms with Crippen LogP contribution >= 0.6 is 15.9 Å². The van der Waals surface area contributed by atoms with Crippen LogP contribution < -0.4 is 5.32 Å². The van der Waals surface area contributed by atoms with Crippen LogP contribution in [0.25, 0.3) is 0 Å². The molecule has 0 radical (unpaired) electrons. The van der Waals surface area contributed by atoms with E-state index in [2.05, 4.69) is 21.2 Å². The summed E-state index contributed by atoms with van der Waals surface area (Å²) in [4.78, 5) is 26.1. The predicted molar refractivity (Wildman–Crippen MR) is 94.9 cm³/mol. The van der Waals surface area contributed by atoms with Gasteiger partial charge in [0.25, 0.3) is 0 Å². The molecule has 0 fully saturated rings. The average Bonchev–Trinajstić information content (AvgIpc) is 2.55. The average molecular weight is 375 g/mol. The van der Waals surface area contributed by atoms with Gasteiger partial charge in [-0.15, -0.1) is 0 Å². The van der Waals surface area contributed by atoms with Crippen molar-refractivity contribution in [3.8, 4) is 0 Å². The summed E-state index contributed by atoms with van der Waals surface area (Å²) in [6.07, 6.45) is -0.165. The molecular weight excluding hydrogens is 356 g/mol. The molecule has 0 heterocycles. The molecule has 0 aromatic heterocycles. The minimum atomic E-state index is -0.312. The van der Waals surface area contributed by atoms with Crippen molar-refractivity contribution in [2.24, 2.45) is 0 Å². The van der Waals surface area contributed by atoms with Crippen LogP contribution in [0.15, 0.2) is 59.1 Å². The Balaban J connectivity index is 1.94. The molecule has 5 heteroatoms. The summed E-state index contributed by atoms with van der Waals surface area (Å²) in [6.45, 7) is 2.99. The minimum absolute atomic E-state index is 0.165. The van der Waals surface area contributed by atoms with Crippen LogP contribution in [-0.4, -0.2) is 23.3 Å². The molecule has 2 aromatic rings. The van der Waals surface area contributed by atoms with Crippen molar-refractivity contribution < 1.29 is 9.59 Å². The normalized spacial score (nSPS) is 10.2. The highest BCUT2D eigenvalue weighted by Gasteiger charge is 2.17. The lowest BCUT2D eigenvalue weighted by Gasteiger charge is -2.21. The molecule has 2 rings (SSSR count). The fourth-order valence-corrected chi connectivity index (χ4v) is 2.57. The zero-order valence-corrected chi connectivity index (χ0v) is 14.5. The van der Waals surface area contributed by atoms with Gasteiger partial charge in [-0.3, -0.25) is 9.59 Å². The molecule has 2 aromatic carbocycles. The first-order valence-electron chi connectivity index (χ1n) is 7.46. The predicted octanol–water partition coefficient (Wildman–Crippen LogP) is 3.83. The summed E-state index contributed by atoms with van der Waals surface area (Å²) in [6, 6.07) is 17.1. The third kappa shape index (κ3) is 5.21. The first-order valence-corrected chi connectivity index (χ1v) is 8.25. The van der Waals surface area contributed by atoms with Gasteiger partial charge < -0.3 is 10.2 Å². The number of carbonyl (C=O) groups is 2. The van der Waals surface area contributed by atoms with Gasteiger partial charge in [-0.05, 0) is 40.5 Å². The third-order valence-electron chi connectivity index (χ3n) is 3.41. The van der Waals surface area contributed by atoms with Gasteiger partial charge in [0.1, 0.15) is 6.42 Å². The number of para-hydroxylation sites is 1. The molecule has 0 saturated heterocycles. The zero-order chi connectivity index (χ0) is 16.7. The highest BCUT2D eigenvalue weighted by atomic mass is 79.9. The van der Waals surface area contributed by atoms with Crippen molar-refractivity contribution in [2.45, 2.75) is 19.9 Å². The number of rotatable bonds is 6. The van der Waals surface area contributed by atoms with Gasteiger partial charge in [0.05, 0.1) is 5.69 Å². The van der Waals surface area contributed by atoms with Crippen molar-refractivity contribution in [3.05, 3.63) is 64.6 Å². The molecule has 0 aliphatic carbocycles. The zero-order valence-electron chi connectivity index (χ0n) is 13.0. The smallest absolute Gasteiger partial charge is 0.233 e. The van der Waals surface area contributed by atoms with E-state index >= 15 is 0 Å². The van der Waals surface area contributed by atoms with E-state index in [0.29, 0.717) is 18.8 Å². The Labute approximate surface area is 144 Å². The van der Waals surface area contributed by atoms with Gasteiger partial charge in [-0.25, -0.2) is 0 Å². The van der Waals surface area contributed by atoms with Crippen LogP contribution in [0.5, 0.6) is 0 Å². The topological polar surface area (TPSA) is 49.4 Å². The maximum atomic E-state index is 12.3. The lowest BCUT2D eigenvalue weighted by atomic mass is 10.2. The standard InChI is InChI=1S/C18H19BrN2O2/c1-2-21(13-14-8-4-3-5-9-14)18(23)12-17(22)20-16-11-7-6-10-15(16)19/h3-11H,2,12-13H2,1H3,(H,20,22). The quantitative estimate of drug-likeness (QED) is 0.781. The molecule has 0 aliphatic heterocycles. The number of nitrogens with one attached hydrogen (secondary N) is 1. The number of carbonyl (C=O) groups excluding carboxylic acids is 2. The van der Waals surface area contributed by atoms with Gasteiger partial charge in [-0.1, -0.05) is 42.5 Å². The SMILES string of the molecule is CCN(Cc1ccccc1)C(=O)CC(=O)Nc1ccccc1Br. The molecular formula is C18H19BrN2O2. The van der Waals surface area contributed by atoms with E-state index in [-0.39, 0.29) is 18.2 Å². The van der Waals surface area contributed by atoms with E-state index in [1.165, 1.54) is 0 Å². The molecule has 0 spiro atoms. The van der Waals surface area contributed by atoms with Crippen LogP contribution in [0.2, 0.25) is 0 Å². The van der Waals surface area contributed by atoms with Crippen molar-refractivity contribution in [1.82, 2.24) is 4.90 Å². The van der Waals surface area contributed by atoms with Crippen molar-refractivity contribution >= 4 is 33.4 Å². The van der Waals surface area contributed by atoms with Crippen LogP contribution in [0.4, 0.5) is 5.69 Å². The highest BCUT2D eigenvalue weighted by molar-refractivity contribution is 9.10. The summed E-state index contributed by atoms with van der Waals surface area (Å²) in [5, 5.41) is 2.75. The Hall–Kier alpha value is -2.14. The number of hydrogen-bond donors (Lipinski definition) is 1. The minimum Gasteiger partial charge on any atom is -0.338 e. The van der Waals surface area contributed by atoms with Crippen molar-refractivity contribution in [1.29, 1.82) is 0 Å². The van der Waals surface area contributed by atoms with E-state index in [4.69, 9.17) is 0 Å². The maximum absolute atomic E-state index is 12.3.